The van der Waals surface area contributed by atoms with Gasteiger partial charge in [-0.25, -0.2) is 0 Å². The number of aryl methyl sites for hydroxylation is 1. The number of carbonyl (C=O) groups excluding carboxylic acids is 1. The van der Waals surface area contributed by atoms with Crippen LogP contribution >= 0.6 is 23.4 Å². The Labute approximate surface area is 159 Å². The normalized spacial score (nSPS) is 10.5. The summed E-state index contributed by atoms with van der Waals surface area (Å²) in [4.78, 5) is 12.0. The second-order valence-corrected chi connectivity index (χ2v) is 6.72. The van der Waals surface area contributed by atoms with Crippen LogP contribution in [-0.2, 0) is 11.4 Å². The van der Waals surface area contributed by atoms with Crippen LogP contribution in [0.4, 0.5) is 5.69 Å². The minimum absolute atomic E-state index is 0.131. The number of aromatic nitrogens is 2. The van der Waals surface area contributed by atoms with Gasteiger partial charge in [-0.2, -0.15) is 0 Å². The summed E-state index contributed by atoms with van der Waals surface area (Å²) in [5, 5.41) is 11.3. The molecule has 3 aromatic rings. The lowest BCUT2D eigenvalue weighted by Gasteiger charge is -2.05. The number of nitrogens with zero attached hydrogens (tertiary/aromatic N) is 2. The fraction of sp³-hybridized carbons (Fsp3) is 0.167. The van der Waals surface area contributed by atoms with Crippen LogP contribution in [0, 0.1) is 6.92 Å². The van der Waals surface area contributed by atoms with E-state index in [0.29, 0.717) is 21.8 Å². The summed E-state index contributed by atoms with van der Waals surface area (Å²) < 4.78 is 11.1. The Kier molecular flexibility index (Phi) is 6.14. The topological polar surface area (TPSA) is 77.2 Å². The molecule has 0 aliphatic carbocycles. The number of thioether (sulfide) groups is 1. The highest BCUT2D eigenvalue weighted by molar-refractivity contribution is 7.99. The first-order valence-electron chi connectivity index (χ1n) is 7.79. The van der Waals surface area contributed by atoms with Crippen molar-refractivity contribution in [3.63, 3.8) is 0 Å². The van der Waals surface area contributed by atoms with E-state index in [0.717, 1.165) is 23.1 Å². The molecule has 0 saturated carbocycles. The van der Waals surface area contributed by atoms with Gasteiger partial charge in [-0.15, -0.1) is 10.2 Å². The zero-order chi connectivity index (χ0) is 18.4. The average Bonchev–Trinajstić information content (AvgIpc) is 3.08. The van der Waals surface area contributed by atoms with E-state index in [1.54, 1.807) is 24.3 Å². The van der Waals surface area contributed by atoms with E-state index in [4.69, 9.17) is 20.8 Å². The molecule has 0 bridgehead atoms. The predicted octanol–water partition coefficient (Wildman–Crippen LogP) is 4.34. The highest BCUT2D eigenvalue weighted by Crippen LogP contribution is 2.22. The van der Waals surface area contributed by atoms with Crippen LogP contribution in [0.3, 0.4) is 0 Å². The molecule has 1 heterocycles. The summed E-state index contributed by atoms with van der Waals surface area (Å²) in [5.74, 6) is 1.00. The van der Waals surface area contributed by atoms with Crippen LogP contribution in [-0.4, -0.2) is 21.9 Å². The van der Waals surface area contributed by atoms with Gasteiger partial charge < -0.3 is 14.5 Å². The lowest BCUT2D eigenvalue weighted by molar-refractivity contribution is -0.113. The summed E-state index contributed by atoms with van der Waals surface area (Å²) in [5.41, 5.74) is 1.67. The van der Waals surface area contributed by atoms with Gasteiger partial charge in [0, 0.05) is 0 Å². The van der Waals surface area contributed by atoms with Crippen molar-refractivity contribution in [2.75, 3.05) is 11.1 Å². The van der Waals surface area contributed by atoms with Crippen molar-refractivity contribution >= 4 is 35.0 Å². The number of benzene rings is 2. The van der Waals surface area contributed by atoms with Gasteiger partial charge in [0.2, 0.25) is 5.91 Å². The monoisotopic (exact) mass is 389 g/mol. The van der Waals surface area contributed by atoms with Gasteiger partial charge in [0.1, 0.15) is 5.75 Å². The van der Waals surface area contributed by atoms with Gasteiger partial charge in [0.25, 0.3) is 11.1 Å². The molecule has 0 aliphatic heterocycles. The SMILES string of the molecule is Cc1cccc(OCc2nnc(SCC(=O)Nc3ccccc3Cl)o2)c1. The number of halogens is 1. The number of rotatable bonds is 7. The maximum absolute atomic E-state index is 12.0. The molecule has 1 N–H and O–H groups in total. The number of hydrogen-bond donors (Lipinski definition) is 1. The first kappa shape index (κ1) is 18.3. The van der Waals surface area contributed by atoms with Crippen molar-refractivity contribution in [3.05, 3.63) is 65.0 Å². The standard InChI is InChI=1S/C18H16ClN3O3S/c1-12-5-4-6-13(9-12)24-10-17-21-22-18(25-17)26-11-16(23)20-15-8-3-2-7-14(15)19/h2-9H,10-11H2,1H3,(H,20,23). The second-order valence-electron chi connectivity index (χ2n) is 5.38. The first-order chi connectivity index (χ1) is 12.6. The summed E-state index contributed by atoms with van der Waals surface area (Å²) in [6.07, 6.45) is 0. The van der Waals surface area contributed by atoms with E-state index in [1.165, 1.54) is 0 Å². The minimum atomic E-state index is -0.209. The molecule has 0 unspecified atom stereocenters. The van der Waals surface area contributed by atoms with Crippen molar-refractivity contribution in [1.82, 2.24) is 10.2 Å². The maximum atomic E-state index is 12.0. The smallest absolute Gasteiger partial charge is 0.277 e. The predicted molar refractivity (Wildman–Crippen MR) is 101 cm³/mol. The van der Waals surface area contributed by atoms with Crippen LogP contribution in [0.1, 0.15) is 11.5 Å². The third kappa shape index (κ3) is 5.24. The maximum Gasteiger partial charge on any atom is 0.277 e. The summed E-state index contributed by atoms with van der Waals surface area (Å²) in [6.45, 7) is 2.16. The van der Waals surface area contributed by atoms with Gasteiger partial charge in [0.05, 0.1) is 16.5 Å². The number of nitrogens with one attached hydrogen (secondary N) is 1. The van der Waals surface area contributed by atoms with Crippen molar-refractivity contribution in [2.45, 2.75) is 18.8 Å². The van der Waals surface area contributed by atoms with Gasteiger partial charge in [-0.1, -0.05) is 47.6 Å². The summed E-state index contributed by atoms with van der Waals surface area (Å²) >= 11 is 7.16. The number of carbonyl (C=O) groups is 1. The number of para-hydroxylation sites is 1. The molecule has 0 atom stereocenters. The fourth-order valence-electron chi connectivity index (χ4n) is 2.08. The molecule has 6 nitrogen and oxygen atoms in total. The van der Waals surface area contributed by atoms with E-state index in [9.17, 15) is 4.79 Å². The van der Waals surface area contributed by atoms with Gasteiger partial charge >= 0.3 is 0 Å². The Morgan fingerprint density at radius 1 is 1.23 bits per heavy atom. The molecule has 26 heavy (non-hydrogen) atoms. The van der Waals surface area contributed by atoms with Crippen LogP contribution in [0.2, 0.25) is 5.02 Å². The molecule has 8 heteroatoms. The van der Waals surface area contributed by atoms with Crippen molar-refractivity contribution < 1.29 is 13.9 Å². The number of ether oxygens (including phenoxy) is 1. The summed E-state index contributed by atoms with van der Waals surface area (Å²) in [7, 11) is 0. The second kappa shape index (κ2) is 8.73. The van der Waals surface area contributed by atoms with E-state index in [-0.39, 0.29) is 18.3 Å². The Hall–Kier alpha value is -2.51. The molecule has 0 saturated heterocycles. The zero-order valence-corrected chi connectivity index (χ0v) is 15.5. The number of amides is 1. The van der Waals surface area contributed by atoms with Crippen molar-refractivity contribution in [1.29, 1.82) is 0 Å². The van der Waals surface area contributed by atoms with Crippen LogP contribution in [0.25, 0.3) is 0 Å². The Morgan fingerprint density at radius 2 is 2.08 bits per heavy atom. The molecule has 2 aromatic carbocycles. The Balaban J connectivity index is 1.47. The Bertz CT molecular complexity index is 901. The zero-order valence-electron chi connectivity index (χ0n) is 13.9. The molecule has 0 spiro atoms. The molecule has 3 rings (SSSR count). The molecule has 134 valence electrons. The molecule has 1 amide bonds. The molecule has 0 fully saturated rings. The van der Waals surface area contributed by atoms with Crippen LogP contribution < -0.4 is 10.1 Å². The summed E-state index contributed by atoms with van der Waals surface area (Å²) in [6, 6.07) is 14.7. The first-order valence-corrected chi connectivity index (χ1v) is 9.15. The van der Waals surface area contributed by atoms with E-state index < -0.39 is 0 Å². The van der Waals surface area contributed by atoms with Crippen molar-refractivity contribution in [3.8, 4) is 5.75 Å². The van der Waals surface area contributed by atoms with Crippen molar-refractivity contribution in [2.24, 2.45) is 0 Å². The van der Waals surface area contributed by atoms with E-state index in [2.05, 4.69) is 15.5 Å². The van der Waals surface area contributed by atoms with E-state index in [1.807, 2.05) is 31.2 Å². The molecular weight excluding hydrogens is 374 g/mol. The van der Waals surface area contributed by atoms with Crippen LogP contribution in [0.15, 0.2) is 58.2 Å². The lowest BCUT2D eigenvalue weighted by atomic mass is 10.2. The van der Waals surface area contributed by atoms with Gasteiger partial charge in [-0.05, 0) is 36.8 Å². The van der Waals surface area contributed by atoms with Gasteiger partial charge in [-0.3, -0.25) is 4.79 Å². The highest BCUT2D eigenvalue weighted by Gasteiger charge is 2.11. The fourth-order valence-corrected chi connectivity index (χ4v) is 2.84. The average molecular weight is 390 g/mol. The third-order valence-corrected chi connectivity index (χ3v) is 4.42. The number of anilines is 1. The Morgan fingerprint density at radius 3 is 2.88 bits per heavy atom. The largest absolute Gasteiger partial charge is 0.484 e. The van der Waals surface area contributed by atoms with Crippen LogP contribution in [0.5, 0.6) is 5.75 Å². The number of hydrogen-bond acceptors (Lipinski definition) is 6. The highest BCUT2D eigenvalue weighted by atomic mass is 35.5. The van der Waals surface area contributed by atoms with Gasteiger partial charge in [0.15, 0.2) is 6.61 Å². The van der Waals surface area contributed by atoms with E-state index >= 15 is 0 Å². The molecule has 0 aliphatic rings. The quantitative estimate of drug-likeness (QED) is 0.605. The third-order valence-electron chi connectivity index (χ3n) is 3.27. The molecular formula is C18H16ClN3O3S. The molecule has 0 radical (unpaired) electrons. The molecule has 1 aromatic heterocycles. The minimum Gasteiger partial charge on any atom is -0.484 e. The lowest BCUT2D eigenvalue weighted by Crippen LogP contribution is -2.14.